The molecule has 0 nitrogen and oxygen atoms in total. The van der Waals surface area contributed by atoms with Crippen molar-refractivity contribution in [3.8, 4) is 11.1 Å². The Morgan fingerprint density at radius 1 is 0.767 bits per heavy atom. The number of halogens is 4. The average molecular weight is 421 g/mol. The van der Waals surface area contributed by atoms with E-state index in [-0.39, 0.29) is 6.92 Å². The first-order valence-corrected chi connectivity index (χ1v) is 11.2. The van der Waals surface area contributed by atoms with Crippen molar-refractivity contribution in [1.82, 2.24) is 0 Å². The highest BCUT2D eigenvalue weighted by molar-refractivity contribution is 5.64. The van der Waals surface area contributed by atoms with Crippen molar-refractivity contribution in [2.24, 2.45) is 5.92 Å². The second-order valence-electron chi connectivity index (χ2n) is 8.88. The predicted molar refractivity (Wildman–Crippen MR) is 115 cm³/mol. The molecular weight excluding hydrogens is 388 g/mol. The molecule has 30 heavy (non-hydrogen) atoms. The Hall–Kier alpha value is -1.84. The van der Waals surface area contributed by atoms with Crippen molar-refractivity contribution in [3.05, 3.63) is 59.7 Å². The zero-order valence-electron chi connectivity index (χ0n) is 17.9. The molecule has 2 aromatic carbocycles. The van der Waals surface area contributed by atoms with Gasteiger partial charge in [-0.2, -0.15) is 17.6 Å². The molecule has 3 rings (SSSR count). The lowest BCUT2D eigenvalue weighted by molar-refractivity contribution is -0.204. The Balaban J connectivity index is 1.61. The van der Waals surface area contributed by atoms with Crippen molar-refractivity contribution < 1.29 is 17.6 Å². The van der Waals surface area contributed by atoms with Gasteiger partial charge in [0.25, 0.3) is 0 Å². The zero-order valence-corrected chi connectivity index (χ0v) is 17.9. The fourth-order valence-corrected chi connectivity index (χ4v) is 4.54. The third-order valence-electron chi connectivity index (χ3n) is 6.58. The molecule has 1 fully saturated rings. The molecule has 1 aliphatic rings. The fourth-order valence-electron chi connectivity index (χ4n) is 4.54. The van der Waals surface area contributed by atoms with E-state index in [1.54, 1.807) is 0 Å². The van der Waals surface area contributed by atoms with E-state index >= 15 is 0 Å². The highest BCUT2D eigenvalue weighted by Crippen LogP contribution is 2.43. The second-order valence-corrected chi connectivity index (χ2v) is 8.88. The molecule has 4 heteroatoms. The van der Waals surface area contributed by atoms with Gasteiger partial charge in [-0.25, -0.2) is 0 Å². The molecule has 0 heterocycles. The number of hydrogen-bond acceptors (Lipinski definition) is 0. The highest BCUT2D eigenvalue weighted by atomic mass is 19.3. The van der Waals surface area contributed by atoms with Crippen LogP contribution in [0, 0.1) is 5.92 Å². The topological polar surface area (TPSA) is 0 Å². The monoisotopic (exact) mass is 420 g/mol. The van der Waals surface area contributed by atoms with Gasteiger partial charge in [-0.15, -0.1) is 0 Å². The minimum atomic E-state index is -4.18. The first-order chi connectivity index (χ1) is 14.2. The van der Waals surface area contributed by atoms with Gasteiger partial charge in [0.05, 0.1) is 0 Å². The van der Waals surface area contributed by atoms with Gasteiger partial charge in [0.1, 0.15) is 0 Å². The third-order valence-corrected chi connectivity index (χ3v) is 6.58. The lowest BCUT2D eigenvalue weighted by Crippen LogP contribution is -2.34. The van der Waals surface area contributed by atoms with Gasteiger partial charge in [-0.3, -0.25) is 0 Å². The van der Waals surface area contributed by atoms with E-state index in [0.29, 0.717) is 5.92 Å². The summed E-state index contributed by atoms with van der Waals surface area (Å²) < 4.78 is 54.0. The SMILES string of the molecule is CCCCC[C@H]1CC[C@H](c2ccc(-c3ccc(C(F)(F)C(C)(F)F)cc3)cc2)CC1. The van der Waals surface area contributed by atoms with Gasteiger partial charge in [0, 0.05) is 12.5 Å². The lowest BCUT2D eigenvalue weighted by Gasteiger charge is -2.29. The molecule has 0 atom stereocenters. The van der Waals surface area contributed by atoms with Crippen molar-refractivity contribution >= 4 is 0 Å². The van der Waals surface area contributed by atoms with E-state index in [4.69, 9.17) is 0 Å². The van der Waals surface area contributed by atoms with Gasteiger partial charge in [-0.1, -0.05) is 81.1 Å². The van der Waals surface area contributed by atoms with Gasteiger partial charge >= 0.3 is 11.8 Å². The van der Waals surface area contributed by atoms with Gasteiger partial charge in [0.15, 0.2) is 0 Å². The molecule has 0 N–H and O–H groups in total. The van der Waals surface area contributed by atoms with Crippen LogP contribution in [0.4, 0.5) is 17.6 Å². The normalized spacial score (nSPS) is 20.3. The molecule has 1 aliphatic carbocycles. The summed E-state index contributed by atoms with van der Waals surface area (Å²) >= 11 is 0. The Morgan fingerprint density at radius 3 is 1.80 bits per heavy atom. The quantitative estimate of drug-likeness (QED) is 0.295. The van der Waals surface area contributed by atoms with Crippen LogP contribution in [-0.2, 0) is 5.92 Å². The standard InChI is InChI=1S/C26H32F4/c1-3-4-5-6-19-7-9-20(10-8-19)21-11-13-22(14-12-21)23-15-17-24(18-16-23)26(29,30)25(2,27)28/h11-20H,3-10H2,1-2H3/t19-,20-. The van der Waals surface area contributed by atoms with Crippen LogP contribution in [0.1, 0.15) is 82.3 Å². The van der Waals surface area contributed by atoms with Gasteiger partial charge < -0.3 is 0 Å². The average Bonchev–Trinajstić information content (AvgIpc) is 2.74. The second kappa shape index (κ2) is 9.53. The molecule has 164 valence electrons. The van der Waals surface area contributed by atoms with Crippen LogP contribution in [0.5, 0.6) is 0 Å². The highest BCUT2D eigenvalue weighted by Gasteiger charge is 2.53. The number of alkyl halides is 4. The van der Waals surface area contributed by atoms with E-state index in [2.05, 4.69) is 19.1 Å². The summed E-state index contributed by atoms with van der Waals surface area (Å²) in [5.41, 5.74) is 2.33. The first-order valence-electron chi connectivity index (χ1n) is 11.2. The molecule has 0 aliphatic heterocycles. The third kappa shape index (κ3) is 5.25. The number of hydrogen-bond donors (Lipinski definition) is 0. The van der Waals surface area contributed by atoms with Crippen LogP contribution < -0.4 is 0 Å². The van der Waals surface area contributed by atoms with E-state index in [1.165, 1.54) is 69.1 Å². The van der Waals surface area contributed by atoms with Crippen molar-refractivity contribution in [2.45, 2.75) is 83.0 Å². The maximum atomic E-state index is 13.8. The van der Waals surface area contributed by atoms with Crippen molar-refractivity contribution in [2.75, 3.05) is 0 Å². The Morgan fingerprint density at radius 2 is 1.30 bits per heavy atom. The maximum absolute atomic E-state index is 13.8. The van der Waals surface area contributed by atoms with Crippen molar-refractivity contribution in [3.63, 3.8) is 0 Å². The predicted octanol–water partition coefficient (Wildman–Crippen LogP) is 8.95. The molecular formula is C26H32F4. The smallest absolute Gasteiger partial charge is 0.200 e. The molecule has 0 saturated heterocycles. The lowest BCUT2D eigenvalue weighted by atomic mass is 9.77. The summed E-state index contributed by atoms with van der Waals surface area (Å²) in [6.45, 7) is 2.49. The Bertz CT molecular complexity index is 779. The molecule has 2 aromatic rings. The Labute approximate surface area is 177 Å². The van der Waals surface area contributed by atoms with Crippen LogP contribution in [0.15, 0.2) is 48.5 Å². The molecule has 0 bridgehead atoms. The van der Waals surface area contributed by atoms with Crippen LogP contribution in [0.3, 0.4) is 0 Å². The van der Waals surface area contributed by atoms with Crippen LogP contribution in [0.2, 0.25) is 0 Å². The molecule has 0 spiro atoms. The summed E-state index contributed by atoms with van der Waals surface area (Å²) in [7, 11) is 0. The fraction of sp³-hybridized carbons (Fsp3) is 0.538. The summed E-state index contributed by atoms with van der Waals surface area (Å²) in [6.07, 6.45) is 10.4. The Kier molecular flexibility index (Phi) is 7.26. The zero-order chi connectivity index (χ0) is 21.8. The van der Waals surface area contributed by atoms with E-state index < -0.39 is 17.4 Å². The van der Waals surface area contributed by atoms with Crippen LogP contribution in [0.25, 0.3) is 11.1 Å². The summed E-state index contributed by atoms with van der Waals surface area (Å²) in [6, 6.07) is 13.4. The largest absolute Gasteiger partial charge is 0.335 e. The number of benzene rings is 2. The molecule has 0 amide bonds. The summed E-state index contributed by atoms with van der Waals surface area (Å²) in [5, 5.41) is 0. The van der Waals surface area contributed by atoms with Gasteiger partial charge in [0.2, 0.25) is 0 Å². The number of unbranched alkanes of at least 4 members (excludes halogenated alkanes) is 2. The van der Waals surface area contributed by atoms with Gasteiger partial charge in [-0.05, 0) is 54.2 Å². The van der Waals surface area contributed by atoms with E-state index in [1.807, 2.05) is 12.1 Å². The number of rotatable bonds is 8. The van der Waals surface area contributed by atoms with E-state index in [0.717, 1.165) is 29.2 Å². The van der Waals surface area contributed by atoms with Crippen LogP contribution >= 0.6 is 0 Å². The summed E-state index contributed by atoms with van der Waals surface area (Å²) in [4.78, 5) is 0. The summed E-state index contributed by atoms with van der Waals surface area (Å²) in [5.74, 6) is -6.80. The molecule has 1 saturated carbocycles. The maximum Gasteiger partial charge on any atom is 0.335 e. The molecule has 0 unspecified atom stereocenters. The van der Waals surface area contributed by atoms with Crippen LogP contribution in [-0.4, -0.2) is 5.92 Å². The first kappa shape index (κ1) is 22.8. The van der Waals surface area contributed by atoms with E-state index in [9.17, 15) is 17.6 Å². The molecule has 0 radical (unpaired) electrons. The minimum absolute atomic E-state index is 0.248. The minimum Gasteiger partial charge on any atom is -0.200 e. The van der Waals surface area contributed by atoms with Crippen molar-refractivity contribution in [1.29, 1.82) is 0 Å². The molecule has 0 aromatic heterocycles.